The van der Waals surface area contributed by atoms with Gasteiger partial charge in [0.2, 0.25) is 0 Å². The van der Waals surface area contributed by atoms with E-state index in [4.69, 9.17) is 9.72 Å². The van der Waals surface area contributed by atoms with Gasteiger partial charge < -0.3 is 15.0 Å². The monoisotopic (exact) mass is 506 g/mol. The van der Waals surface area contributed by atoms with Crippen LogP contribution in [0.15, 0.2) is 24.7 Å². The molecule has 1 aliphatic heterocycles. The molecule has 3 aromatic heterocycles. The van der Waals surface area contributed by atoms with Crippen LogP contribution in [-0.2, 0) is 6.54 Å². The van der Waals surface area contributed by atoms with Crippen LogP contribution in [-0.4, -0.2) is 74.1 Å². The van der Waals surface area contributed by atoms with Crippen molar-refractivity contribution in [2.75, 3.05) is 38.5 Å². The number of nitrogens with zero attached hydrogens (tertiary/aromatic N) is 7. The summed E-state index contributed by atoms with van der Waals surface area (Å²) in [5, 5.41) is 4.04. The van der Waals surface area contributed by atoms with Crippen LogP contribution in [0.4, 0.5) is 10.9 Å². The summed E-state index contributed by atoms with van der Waals surface area (Å²) >= 11 is 1.54. The summed E-state index contributed by atoms with van der Waals surface area (Å²) in [5.74, 6) is 2.25. The van der Waals surface area contributed by atoms with Crippen molar-refractivity contribution in [3.63, 3.8) is 0 Å². The van der Waals surface area contributed by atoms with Crippen molar-refractivity contribution in [2.45, 2.75) is 51.7 Å². The summed E-state index contributed by atoms with van der Waals surface area (Å²) in [6, 6.07) is 2.48. The third-order valence-electron chi connectivity index (χ3n) is 7.74. The number of nitrogens with one attached hydrogen (secondary N) is 1. The first kappa shape index (κ1) is 23.7. The maximum absolute atomic E-state index is 6.32. The highest BCUT2D eigenvalue weighted by atomic mass is 32.1. The van der Waals surface area contributed by atoms with Gasteiger partial charge in [-0.3, -0.25) is 9.88 Å². The van der Waals surface area contributed by atoms with Crippen molar-refractivity contribution >= 4 is 22.3 Å². The van der Waals surface area contributed by atoms with Crippen molar-refractivity contribution in [1.29, 1.82) is 0 Å². The van der Waals surface area contributed by atoms with Crippen molar-refractivity contribution in [1.82, 2.24) is 34.7 Å². The van der Waals surface area contributed by atoms with E-state index in [0.717, 1.165) is 72.2 Å². The van der Waals surface area contributed by atoms with Gasteiger partial charge in [-0.05, 0) is 57.6 Å². The fourth-order valence-electron chi connectivity index (χ4n) is 5.66. The van der Waals surface area contributed by atoms with Crippen LogP contribution in [0.5, 0.6) is 6.01 Å². The first-order valence-corrected chi connectivity index (χ1v) is 13.9. The van der Waals surface area contributed by atoms with Crippen molar-refractivity contribution in [3.05, 3.63) is 36.0 Å². The lowest BCUT2D eigenvalue weighted by atomic mass is 9.87. The van der Waals surface area contributed by atoms with Gasteiger partial charge in [0.1, 0.15) is 6.10 Å². The molecule has 3 aromatic rings. The molecule has 190 valence electrons. The molecule has 3 atom stereocenters. The Morgan fingerprint density at radius 2 is 1.86 bits per heavy atom. The zero-order valence-electron chi connectivity index (χ0n) is 21.1. The minimum Gasteiger partial charge on any atom is -0.460 e. The van der Waals surface area contributed by atoms with Gasteiger partial charge in [-0.1, -0.05) is 17.8 Å². The molecule has 3 fully saturated rings. The Kier molecular flexibility index (Phi) is 6.81. The van der Waals surface area contributed by atoms with Crippen LogP contribution >= 0.6 is 11.3 Å². The quantitative estimate of drug-likeness (QED) is 0.507. The maximum Gasteiger partial charge on any atom is 0.317 e. The lowest BCUT2D eigenvalue weighted by Gasteiger charge is -2.31. The number of rotatable bonds is 7. The molecule has 10 heteroatoms. The van der Waals surface area contributed by atoms with E-state index >= 15 is 0 Å². The largest absolute Gasteiger partial charge is 0.460 e. The Morgan fingerprint density at radius 3 is 2.69 bits per heavy atom. The zero-order chi connectivity index (χ0) is 24.5. The van der Waals surface area contributed by atoms with E-state index in [1.54, 1.807) is 17.5 Å². The van der Waals surface area contributed by atoms with Gasteiger partial charge in [0.25, 0.3) is 0 Å². The predicted octanol–water partition coefficient (Wildman–Crippen LogP) is 4.15. The molecular formula is C26H34N8OS. The molecule has 0 radical (unpaired) electrons. The summed E-state index contributed by atoms with van der Waals surface area (Å²) in [6.45, 7) is 7.15. The minimum atomic E-state index is 0.245. The van der Waals surface area contributed by atoms with E-state index in [1.165, 1.54) is 25.7 Å². The van der Waals surface area contributed by atoms with Gasteiger partial charge in [-0.15, -0.1) is 0 Å². The highest BCUT2D eigenvalue weighted by molar-refractivity contribution is 7.18. The Hall–Kier alpha value is -2.69. The van der Waals surface area contributed by atoms with E-state index < -0.39 is 0 Å². The van der Waals surface area contributed by atoms with Gasteiger partial charge in [0, 0.05) is 44.6 Å². The average molecular weight is 507 g/mol. The molecule has 2 saturated carbocycles. The minimum absolute atomic E-state index is 0.245. The number of piperazine rings is 1. The van der Waals surface area contributed by atoms with Gasteiger partial charge >= 0.3 is 6.01 Å². The Morgan fingerprint density at radius 1 is 1.00 bits per heavy atom. The fraction of sp³-hybridized carbons (Fsp3) is 0.577. The maximum atomic E-state index is 6.32. The molecule has 9 nitrogen and oxygen atoms in total. The number of fused-ring (bicyclic) bond motifs is 2. The average Bonchev–Trinajstić information content (AvgIpc) is 3.50. The molecule has 0 spiro atoms. The number of aryl methyl sites for hydroxylation is 1. The Labute approximate surface area is 216 Å². The van der Waals surface area contributed by atoms with Gasteiger partial charge in [-0.25, -0.2) is 15.0 Å². The molecule has 1 N–H and O–H groups in total. The number of likely N-dealkylation sites (N-methyl/N-ethyl adjacent to an activating group) is 1. The number of anilines is 2. The molecule has 3 aliphatic rings. The second kappa shape index (κ2) is 10.4. The summed E-state index contributed by atoms with van der Waals surface area (Å²) < 4.78 is 6.32. The molecule has 4 heterocycles. The normalized spacial score (nSPS) is 24.7. The van der Waals surface area contributed by atoms with Crippen molar-refractivity contribution < 1.29 is 4.74 Å². The molecule has 3 unspecified atom stereocenters. The second-order valence-electron chi connectivity index (χ2n) is 10.5. The van der Waals surface area contributed by atoms with Crippen LogP contribution < -0.4 is 10.1 Å². The highest BCUT2D eigenvalue weighted by Crippen LogP contribution is 2.43. The van der Waals surface area contributed by atoms with Crippen molar-refractivity contribution in [2.24, 2.45) is 11.8 Å². The molecule has 1 saturated heterocycles. The summed E-state index contributed by atoms with van der Waals surface area (Å²) in [5.41, 5.74) is 2.73. The van der Waals surface area contributed by atoms with E-state index in [0.29, 0.717) is 17.7 Å². The zero-order valence-corrected chi connectivity index (χ0v) is 21.9. The van der Waals surface area contributed by atoms with E-state index in [2.05, 4.69) is 42.1 Å². The van der Waals surface area contributed by atoms with Gasteiger partial charge in [0.05, 0.1) is 28.7 Å². The van der Waals surface area contributed by atoms with E-state index in [-0.39, 0.29) is 6.10 Å². The fourth-order valence-corrected chi connectivity index (χ4v) is 6.44. The number of thiazole rings is 1. The molecular weight excluding hydrogens is 472 g/mol. The second-order valence-corrected chi connectivity index (χ2v) is 11.5. The van der Waals surface area contributed by atoms with Crippen LogP contribution in [0.3, 0.4) is 0 Å². The summed E-state index contributed by atoms with van der Waals surface area (Å²) in [6.07, 6.45) is 12.0. The third kappa shape index (κ3) is 5.50. The lowest BCUT2D eigenvalue weighted by molar-refractivity contribution is 0.0898. The van der Waals surface area contributed by atoms with E-state index in [9.17, 15) is 0 Å². The summed E-state index contributed by atoms with van der Waals surface area (Å²) in [7, 11) is 2.17. The van der Waals surface area contributed by atoms with Crippen LogP contribution in [0.25, 0.3) is 10.6 Å². The first-order chi connectivity index (χ1) is 17.6. The van der Waals surface area contributed by atoms with Crippen LogP contribution in [0.1, 0.15) is 43.5 Å². The SMILES string of the molecule is Cc1cc(-c2cnc(Nc3cnc(CN4CCN(C)CC4)cn3)s2)nc(OC2CCC3CCC2C3)n1. The predicted molar refractivity (Wildman–Crippen MR) is 140 cm³/mol. The molecule has 2 bridgehead atoms. The Balaban J connectivity index is 1.09. The standard InChI is InChI=1S/C26H34N8OS/c1-17-11-21(31-25(30-17)35-22-6-4-18-3-5-19(22)12-18)23-14-29-26(36-23)32-24-15-27-20(13-28-24)16-34-9-7-33(2)8-10-34/h11,13-15,18-19,22H,3-10,12,16H2,1-2H3,(H,28,29,32). The number of ether oxygens (including phenoxy) is 1. The molecule has 6 rings (SSSR count). The molecule has 0 amide bonds. The first-order valence-electron chi connectivity index (χ1n) is 13.0. The van der Waals surface area contributed by atoms with Gasteiger partial charge in [0.15, 0.2) is 10.9 Å². The third-order valence-corrected chi connectivity index (χ3v) is 8.67. The molecule has 36 heavy (non-hydrogen) atoms. The molecule has 2 aliphatic carbocycles. The van der Waals surface area contributed by atoms with Crippen molar-refractivity contribution in [3.8, 4) is 16.6 Å². The molecule has 0 aromatic carbocycles. The highest BCUT2D eigenvalue weighted by Gasteiger charge is 2.37. The van der Waals surface area contributed by atoms with Crippen LogP contribution in [0.2, 0.25) is 0 Å². The van der Waals surface area contributed by atoms with E-state index in [1.807, 2.05) is 25.4 Å². The Bertz CT molecular complexity index is 1180. The number of aromatic nitrogens is 5. The summed E-state index contributed by atoms with van der Waals surface area (Å²) in [4.78, 5) is 28.8. The topological polar surface area (TPSA) is 92.2 Å². The number of hydrogen-bond donors (Lipinski definition) is 1. The number of hydrogen-bond acceptors (Lipinski definition) is 10. The smallest absolute Gasteiger partial charge is 0.317 e. The van der Waals surface area contributed by atoms with Crippen LogP contribution in [0, 0.1) is 18.8 Å². The van der Waals surface area contributed by atoms with Gasteiger partial charge in [-0.2, -0.15) is 4.98 Å². The lowest BCUT2D eigenvalue weighted by Crippen LogP contribution is -2.44.